The van der Waals surface area contributed by atoms with Crippen LogP contribution in [0.5, 0.6) is 0 Å². The summed E-state index contributed by atoms with van der Waals surface area (Å²) in [7, 11) is -3.61. The van der Waals surface area contributed by atoms with E-state index in [1.165, 1.54) is 24.3 Å². The van der Waals surface area contributed by atoms with E-state index in [-0.39, 0.29) is 4.90 Å². The molecule has 0 saturated carbocycles. The molecule has 3 nitrogen and oxygen atoms in total. The van der Waals surface area contributed by atoms with Gasteiger partial charge in [0.2, 0.25) is 10.0 Å². The van der Waals surface area contributed by atoms with Crippen LogP contribution >= 0.6 is 23.2 Å². The molecule has 0 saturated heterocycles. The van der Waals surface area contributed by atoms with Crippen LogP contribution in [0.25, 0.3) is 0 Å². The summed E-state index contributed by atoms with van der Waals surface area (Å²) in [6, 6.07) is 12.7. The number of benzene rings is 2. The molecule has 6 heteroatoms. The minimum absolute atomic E-state index is 0.167. The van der Waals surface area contributed by atoms with Crippen LogP contribution in [0.1, 0.15) is 18.5 Å². The smallest absolute Gasteiger partial charge is 0.207 e. The standard InChI is InChI=1S/C14H13Cl2NO2S/c1-10(13-4-2-3-5-14(13)16)17-20(18,19)12-8-6-11(15)7-9-12/h2-10,17H,1H3/t10-/m0/s1. The van der Waals surface area contributed by atoms with Gasteiger partial charge in [-0.1, -0.05) is 41.4 Å². The van der Waals surface area contributed by atoms with Crippen LogP contribution in [0.2, 0.25) is 10.0 Å². The van der Waals surface area contributed by atoms with Gasteiger partial charge in [0.1, 0.15) is 0 Å². The summed E-state index contributed by atoms with van der Waals surface area (Å²) in [6.45, 7) is 1.74. The van der Waals surface area contributed by atoms with E-state index in [1.807, 2.05) is 6.07 Å². The number of halogens is 2. The van der Waals surface area contributed by atoms with Gasteiger partial charge in [0.05, 0.1) is 4.90 Å². The largest absolute Gasteiger partial charge is 0.241 e. The van der Waals surface area contributed by atoms with Gasteiger partial charge in [0, 0.05) is 16.1 Å². The Kier molecular flexibility index (Phi) is 4.70. The summed E-state index contributed by atoms with van der Waals surface area (Å²) < 4.78 is 27.1. The summed E-state index contributed by atoms with van der Waals surface area (Å²) >= 11 is 11.8. The molecule has 2 aromatic rings. The third kappa shape index (κ3) is 3.52. The topological polar surface area (TPSA) is 46.2 Å². The monoisotopic (exact) mass is 329 g/mol. The number of hydrogen-bond donors (Lipinski definition) is 1. The zero-order valence-electron chi connectivity index (χ0n) is 10.7. The van der Waals surface area contributed by atoms with Crippen molar-refractivity contribution in [2.75, 3.05) is 0 Å². The lowest BCUT2D eigenvalue weighted by atomic mass is 10.1. The van der Waals surface area contributed by atoms with Crippen LogP contribution in [0.4, 0.5) is 0 Å². The van der Waals surface area contributed by atoms with Crippen LogP contribution < -0.4 is 4.72 Å². The van der Waals surface area contributed by atoms with E-state index in [1.54, 1.807) is 25.1 Å². The highest BCUT2D eigenvalue weighted by Gasteiger charge is 2.19. The van der Waals surface area contributed by atoms with Crippen molar-refractivity contribution in [2.24, 2.45) is 0 Å². The lowest BCUT2D eigenvalue weighted by molar-refractivity contribution is 0.567. The second kappa shape index (κ2) is 6.14. The van der Waals surface area contributed by atoms with Gasteiger partial charge in [-0.25, -0.2) is 13.1 Å². The molecule has 0 unspecified atom stereocenters. The normalized spacial score (nSPS) is 13.2. The van der Waals surface area contributed by atoms with Crippen LogP contribution in [0.3, 0.4) is 0 Å². The first-order valence-corrected chi connectivity index (χ1v) is 8.16. The van der Waals surface area contributed by atoms with Gasteiger partial charge in [0.15, 0.2) is 0 Å². The average molecular weight is 330 g/mol. The maximum Gasteiger partial charge on any atom is 0.241 e. The van der Waals surface area contributed by atoms with Gasteiger partial charge in [-0.3, -0.25) is 0 Å². The maximum atomic E-state index is 12.2. The highest BCUT2D eigenvalue weighted by atomic mass is 35.5. The van der Waals surface area contributed by atoms with Crippen molar-refractivity contribution in [1.82, 2.24) is 4.72 Å². The van der Waals surface area contributed by atoms with Crippen molar-refractivity contribution < 1.29 is 8.42 Å². The summed E-state index contributed by atoms with van der Waals surface area (Å²) in [5.74, 6) is 0. The summed E-state index contributed by atoms with van der Waals surface area (Å²) in [4.78, 5) is 0.167. The molecule has 0 bridgehead atoms. The zero-order valence-corrected chi connectivity index (χ0v) is 13.0. The first-order chi connectivity index (χ1) is 9.40. The number of hydrogen-bond acceptors (Lipinski definition) is 2. The van der Waals surface area contributed by atoms with Crippen molar-refractivity contribution in [1.29, 1.82) is 0 Å². The third-order valence-electron chi connectivity index (χ3n) is 2.83. The van der Waals surface area contributed by atoms with Crippen molar-refractivity contribution in [3.63, 3.8) is 0 Å². The quantitative estimate of drug-likeness (QED) is 0.920. The highest BCUT2D eigenvalue weighted by Crippen LogP contribution is 2.24. The molecule has 20 heavy (non-hydrogen) atoms. The molecule has 0 aliphatic rings. The summed E-state index contributed by atoms with van der Waals surface area (Å²) in [5.41, 5.74) is 0.728. The van der Waals surface area contributed by atoms with Crippen LogP contribution in [0, 0.1) is 0 Å². The van der Waals surface area contributed by atoms with Crippen molar-refractivity contribution in [3.8, 4) is 0 Å². The van der Waals surface area contributed by atoms with E-state index in [0.717, 1.165) is 5.56 Å². The Bertz CT molecular complexity index is 699. The minimum atomic E-state index is -3.61. The molecule has 0 spiro atoms. The lowest BCUT2D eigenvalue weighted by Crippen LogP contribution is -2.27. The van der Waals surface area contributed by atoms with E-state index < -0.39 is 16.1 Å². The lowest BCUT2D eigenvalue weighted by Gasteiger charge is -2.16. The maximum absolute atomic E-state index is 12.2. The van der Waals surface area contributed by atoms with Gasteiger partial charge in [-0.2, -0.15) is 0 Å². The van der Waals surface area contributed by atoms with E-state index in [9.17, 15) is 8.42 Å². The SMILES string of the molecule is C[C@H](NS(=O)(=O)c1ccc(Cl)cc1)c1ccccc1Cl. The third-order valence-corrected chi connectivity index (χ3v) is 4.98. The van der Waals surface area contributed by atoms with Crippen LogP contribution in [-0.2, 0) is 10.0 Å². The van der Waals surface area contributed by atoms with E-state index in [4.69, 9.17) is 23.2 Å². The van der Waals surface area contributed by atoms with Crippen LogP contribution in [0.15, 0.2) is 53.4 Å². The van der Waals surface area contributed by atoms with Crippen molar-refractivity contribution in [2.45, 2.75) is 17.9 Å². The van der Waals surface area contributed by atoms with E-state index >= 15 is 0 Å². The molecule has 1 N–H and O–H groups in total. The molecule has 106 valence electrons. The predicted octanol–water partition coefficient (Wildman–Crippen LogP) is 4.03. The molecular formula is C14H13Cl2NO2S. The Labute approximate surface area is 128 Å². The Morgan fingerprint density at radius 1 is 1.00 bits per heavy atom. The van der Waals surface area contributed by atoms with E-state index in [2.05, 4.69) is 4.72 Å². The summed E-state index contributed by atoms with van der Waals surface area (Å²) in [6.07, 6.45) is 0. The first-order valence-electron chi connectivity index (χ1n) is 5.92. The van der Waals surface area contributed by atoms with E-state index in [0.29, 0.717) is 10.0 Å². The molecule has 0 aromatic heterocycles. The van der Waals surface area contributed by atoms with Gasteiger partial charge >= 0.3 is 0 Å². The fourth-order valence-corrected chi connectivity index (χ4v) is 3.45. The molecular weight excluding hydrogens is 317 g/mol. The zero-order chi connectivity index (χ0) is 14.8. The summed E-state index contributed by atoms with van der Waals surface area (Å²) in [5, 5.41) is 1.02. The van der Waals surface area contributed by atoms with Crippen molar-refractivity contribution in [3.05, 3.63) is 64.1 Å². The molecule has 0 radical (unpaired) electrons. The van der Waals surface area contributed by atoms with Gasteiger partial charge < -0.3 is 0 Å². The predicted molar refractivity (Wildman–Crippen MR) is 81.6 cm³/mol. The van der Waals surface area contributed by atoms with Gasteiger partial charge in [0.25, 0.3) is 0 Å². The molecule has 0 aliphatic heterocycles. The number of nitrogens with one attached hydrogen (secondary N) is 1. The second-order valence-electron chi connectivity index (χ2n) is 4.32. The Morgan fingerprint density at radius 2 is 1.60 bits per heavy atom. The molecule has 2 rings (SSSR count). The van der Waals surface area contributed by atoms with Crippen LogP contribution in [-0.4, -0.2) is 8.42 Å². The van der Waals surface area contributed by atoms with Gasteiger partial charge in [-0.05, 0) is 42.8 Å². The minimum Gasteiger partial charge on any atom is -0.207 e. The molecule has 0 aliphatic carbocycles. The molecule has 1 atom stereocenters. The Hall–Kier alpha value is -1.07. The average Bonchev–Trinajstić information content (AvgIpc) is 2.39. The molecule has 0 fully saturated rings. The highest BCUT2D eigenvalue weighted by molar-refractivity contribution is 7.89. The molecule has 0 amide bonds. The Balaban J connectivity index is 2.24. The van der Waals surface area contributed by atoms with Crippen molar-refractivity contribution >= 4 is 33.2 Å². The number of rotatable bonds is 4. The Morgan fingerprint density at radius 3 is 2.20 bits per heavy atom. The number of sulfonamides is 1. The van der Waals surface area contributed by atoms with Gasteiger partial charge in [-0.15, -0.1) is 0 Å². The second-order valence-corrected chi connectivity index (χ2v) is 6.88. The first kappa shape index (κ1) is 15.3. The fourth-order valence-electron chi connectivity index (χ4n) is 1.80. The molecule has 0 heterocycles. The molecule has 2 aromatic carbocycles. The fraction of sp³-hybridized carbons (Fsp3) is 0.143.